The number of hydrogen-bond donors (Lipinski definition) is 1. The van der Waals surface area contributed by atoms with E-state index in [0.717, 1.165) is 5.92 Å². The van der Waals surface area contributed by atoms with Gasteiger partial charge in [0.2, 0.25) is 0 Å². The van der Waals surface area contributed by atoms with Crippen LogP contribution in [0.2, 0.25) is 0 Å². The molecular weight excluding hydrogens is 256 g/mol. The van der Waals surface area contributed by atoms with E-state index in [1.165, 1.54) is 36.8 Å². The Morgan fingerprint density at radius 2 is 2.14 bits per heavy atom. The van der Waals surface area contributed by atoms with Gasteiger partial charge in [0.15, 0.2) is 0 Å². The minimum absolute atomic E-state index is 0.384. The summed E-state index contributed by atoms with van der Waals surface area (Å²) in [6.07, 6.45) is 12.3. The van der Waals surface area contributed by atoms with Crippen molar-refractivity contribution >= 4 is 6.08 Å². The lowest BCUT2D eigenvalue weighted by Gasteiger charge is -2.47. The lowest BCUT2D eigenvalue weighted by atomic mass is 9.56. The highest BCUT2D eigenvalue weighted by atomic mass is 16.3. The molecule has 0 saturated heterocycles. The molecule has 1 N–H and O–H groups in total. The zero-order valence-corrected chi connectivity index (χ0v) is 13.0. The van der Waals surface area contributed by atoms with Gasteiger partial charge in [0.05, 0.1) is 0 Å². The molecule has 0 heterocycles. The number of fused-ring (bicyclic) bond motifs is 5. The second kappa shape index (κ2) is 4.50. The molecule has 4 rings (SSSR count). The van der Waals surface area contributed by atoms with E-state index in [0.29, 0.717) is 23.0 Å². The maximum atomic E-state index is 9.70. The van der Waals surface area contributed by atoms with Crippen LogP contribution < -0.4 is 0 Å². The Morgan fingerprint density at radius 1 is 1.29 bits per heavy atom. The van der Waals surface area contributed by atoms with Crippen molar-refractivity contribution in [1.82, 2.24) is 0 Å². The van der Waals surface area contributed by atoms with E-state index in [1.807, 2.05) is 12.1 Å². The first kappa shape index (κ1) is 13.2. The third-order valence-electron chi connectivity index (χ3n) is 6.50. The first-order valence-corrected chi connectivity index (χ1v) is 8.30. The van der Waals surface area contributed by atoms with Crippen LogP contribution in [-0.2, 0) is 0 Å². The fourth-order valence-corrected chi connectivity index (χ4v) is 5.41. The molecule has 0 aliphatic heterocycles. The zero-order chi connectivity index (χ0) is 14.6. The molecule has 0 unspecified atom stereocenters. The third kappa shape index (κ3) is 1.76. The van der Waals surface area contributed by atoms with E-state index in [9.17, 15) is 5.11 Å². The molecule has 4 atom stereocenters. The van der Waals surface area contributed by atoms with Crippen molar-refractivity contribution in [2.75, 3.05) is 0 Å². The van der Waals surface area contributed by atoms with Gasteiger partial charge in [-0.3, -0.25) is 0 Å². The Bertz CT molecular complexity index is 639. The SMILES string of the molecule is CC=C1CC[C@H]2[C@@H]3C=Cc4cc(O)ccc4[C@H]3CC[C@]12C. The highest BCUT2D eigenvalue weighted by Crippen LogP contribution is 2.62. The second-order valence-corrected chi connectivity index (χ2v) is 7.27. The summed E-state index contributed by atoms with van der Waals surface area (Å²) in [4.78, 5) is 0. The van der Waals surface area contributed by atoms with Gasteiger partial charge in [-0.15, -0.1) is 0 Å². The number of phenols is 1. The average molecular weight is 280 g/mol. The van der Waals surface area contributed by atoms with Crippen LogP contribution in [0, 0.1) is 17.3 Å². The molecule has 3 aliphatic rings. The molecule has 0 aromatic heterocycles. The normalized spacial score (nSPS) is 39.0. The van der Waals surface area contributed by atoms with Crippen molar-refractivity contribution in [3.8, 4) is 5.75 Å². The Labute approximate surface area is 127 Å². The molecule has 0 amide bonds. The third-order valence-corrected chi connectivity index (χ3v) is 6.50. The summed E-state index contributed by atoms with van der Waals surface area (Å²) < 4.78 is 0. The van der Waals surface area contributed by atoms with Gasteiger partial charge in [-0.2, -0.15) is 0 Å². The van der Waals surface area contributed by atoms with Crippen molar-refractivity contribution in [2.24, 2.45) is 17.3 Å². The van der Waals surface area contributed by atoms with Gasteiger partial charge >= 0.3 is 0 Å². The molecule has 1 aromatic carbocycles. The Kier molecular flexibility index (Phi) is 2.82. The Balaban J connectivity index is 1.75. The van der Waals surface area contributed by atoms with Gasteiger partial charge in [-0.25, -0.2) is 0 Å². The van der Waals surface area contributed by atoms with Gasteiger partial charge in [0.1, 0.15) is 5.75 Å². The van der Waals surface area contributed by atoms with E-state index in [1.54, 1.807) is 5.57 Å². The molecule has 0 radical (unpaired) electrons. The fourth-order valence-electron chi connectivity index (χ4n) is 5.41. The first-order valence-electron chi connectivity index (χ1n) is 8.30. The van der Waals surface area contributed by atoms with Gasteiger partial charge in [-0.1, -0.05) is 36.8 Å². The monoisotopic (exact) mass is 280 g/mol. The fraction of sp³-hybridized carbons (Fsp3) is 0.500. The highest BCUT2D eigenvalue weighted by Gasteiger charge is 2.51. The van der Waals surface area contributed by atoms with Crippen molar-refractivity contribution in [2.45, 2.75) is 45.4 Å². The first-order chi connectivity index (χ1) is 10.1. The number of phenolic OH excluding ortho intramolecular Hbond substituents is 1. The maximum absolute atomic E-state index is 9.70. The minimum Gasteiger partial charge on any atom is -0.508 e. The van der Waals surface area contributed by atoms with Crippen molar-refractivity contribution in [3.63, 3.8) is 0 Å². The van der Waals surface area contributed by atoms with Crippen molar-refractivity contribution in [1.29, 1.82) is 0 Å². The smallest absolute Gasteiger partial charge is 0.116 e. The molecular formula is C20H24O. The summed E-state index contributed by atoms with van der Waals surface area (Å²) >= 11 is 0. The summed E-state index contributed by atoms with van der Waals surface area (Å²) in [6.45, 7) is 4.71. The van der Waals surface area contributed by atoms with E-state index in [4.69, 9.17) is 0 Å². The number of rotatable bonds is 0. The summed E-state index contributed by atoms with van der Waals surface area (Å²) in [5.74, 6) is 2.51. The van der Waals surface area contributed by atoms with E-state index >= 15 is 0 Å². The number of benzene rings is 1. The van der Waals surface area contributed by atoms with Crippen LogP contribution in [-0.4, -0.2) is 5.11 Å². The Hall–Kier alpha value is -1.50. The second-order valence-electron chi connectivity index (χ2n) is 7.27. The predicted molar refractivity (Wildman–Crippen MR) is 87.2 cm³/mol. The molecule has 1 nitrogen and oxygen atoms in total. The minimum atomic E-state index is 0.384. The lowest BCUT2D eigenvalue weighted by molar-refractivity contribution is 0.121. The largest absolute Gasteiger partial charge is 0.508 e. The van der Waals surface area contributed by atoms with Gasteiger partial charge in [0.25, 0.3) is 0 Å². The molecule has 1 aromatic rings. The molecule has 2 saturated carbocycles. The quantitative estimate of drug-likeness (QED) is 0.641. The average Bonchev–Trinajstić information content (AvgIpc) is 2.83. The van der Waals surface area contributed by atoms with Crippen LogP contribution in [0.15, 0.2) is 35.9 Å². The lowest BCUT2D eigenvalue weighted by Crippen LogP contribution is -2.38. The van der Waals surface area contributed by atoms with Crippen LogP contribution in [0.1, 0.15) is 56.6 Å². The van der Waals surface area contributed by atoms with Crippen LogP contribution in [0.3, 0.4) is 0 Å². The Morgan fingerprint density at radius 3 is 2.95 bits per heavy atom. The van der Waals surface area contributed by atoms with Crippen LogP contribution in [0.25, 0.3) is 6.08 Å². The molecule has 21 heavy (non-hydrogen) atoms. The number of allylic oxidation sites excluding steroid dienone is 3. The van der Waals surface area contributed by atoms with E-state index in [2.05, 4.69) is 38.1 Å². The van der Waals surface area contributed by atoms with Gasteiger partial charge in [0, 0.05) is 0 Å². The van der Waals surface area contributed by atoms with Crippen LogP contribution in [0.5, 0.6) is 5.75 Å². The maximum Gasteiger partial charge on any atom is 0.116 e. The zero-order valence-electron chi connectivity index (χ0n) is 13.0. The van der Waals surface area contributed by atoms with Crippen molar-refractivity contribution in [3.05, 3.63) is 47.1 Å². The summed E-state index contributed by atoms with van der Waals surface area (Å²) in [5.41, 5.74) is 4.80. The molecule has 2 fully saturated rings. The molecule has 1 heteroatoms. The van der Waals surface area contributed by atoms with E-state index < -0.39 is 0 Å². The summed E-state index contributed by atoms with van der Waals surface area (Å²) in [6, 6.07) is 5.93. The van der Waals surface area contributed by atoms with Gasteiger partial charge < -0.3 is 5.11 Å². The number of hydrogen-bond acceptors (Lipinski definition) is 1. The molecule has 110 valence electrons. The van der Waals surface area contributed by atoms with Gasteiger partial charge in [-0.05, 0) is 79.0 Å². The number of aromatic hydroxyl groups is 1. The standard InChI is InChI=1S/C20H24O/c1-3-14-5-9-19-18-7-4-13-12-15(21)6-8-16(13)17(18)10-11-20(14,19)2/h3-4,6-8,12,17-19,21H,5,9-11H2,1-2H3/t17-,18-,19+,20-/m1/s1. The highest BCUT2D eigenvalue weighted by molar-refractivity contribution is 5.61. The van der Waals surface area contributed by atoms with E-state index in [-0.39, 0.29) is 0 Å². The van der Waals surface area contributed by atoms with Crippen molar-refractivity contribution < 1.29 is 5.11 Å². The molecule has 0 spiro atoms. The topological polar surface area (TPSA) is 20.2 Å². The summed E-state index contributed by atoms with van der Waals surface area (Å²) in [7, 11) is 0. The molecule has 3 aliphatic carbocycles. The predicted octanol–water partition coefficient (Wildman–Crippen LogP) is 5.28. The van der Waals surface area contributed by atoms with Crippen LogP contribution >= 0.6 is 0 Å². The van der Waals surface area contributed by atoms with Crippen LogP contribution in [0.4, 0.5) is 0 Å². The molecule has 0 bridgehead atoms. The summed E-state index contributed by atoms with van der Waals surface area (Å²) in [5, 5.41) is 9.70.